The number of rotatable bonds is 5. The van der Waals surface area contributed by atoms with Crippen LogP contribution in [0.15, 0.2) is 6.33 Å². The Morgan fingerprint density at radius 2 is 2.37 bits per heavy atom. The summed E-state index contributed by atoms with van der Waals surface area (Å²) in [4.78, 5) is 21.4. The quantitative estimate of drug-likeness (QED) is 0.793. The Bertz CT molecular complexity index is 465. The molecule has 104 valence electrons. The molecule has 1 fully saturated rings. The first-order valence-electron chi connectivity index (χ1n) is 6.44. The summed E-state index contributed by atoms with van der Waals surface area (Å²) in [6.45, 7) is 3.25. The molecule has 1 atom stereocenters. The highest BCUT2D eigenvalue weighted by atomic mass is 16.5. The number of carbonyl (C=O) groups is 1. The van der Waals surface area contributed by atoms with Crippen LogP contribution in [0.3, 0.4) is 0 Å². The lowest BCUT2D eigenvalue weighted by molar-refractivity contribution is -0.119. The molecule has 0 bridgehead atoms. The number of carbonyl (C=O) groups excluding carboxylic acids is 1. The molecule has 0 radical (unpaired) electrons. The number of ether oxygens (including phenoxy) is 1. The van der Waals surface area contributed by atoms with Crippen molar-refractivity contribution in [3.63, 3.8) is 0 Å². The molecule has 1 aromatic rings. The lowest BCUT2D eigenvalue weighted by Crippen LogP contribution is -2.41. The van der Waals surface area contributed by atoms with Crippen LogP contribution >= 0.6 is 0 Å². The first kappa shape index (κ1) is 13.4. The van der Waals surface area contributed by atoms with Gasteiger partial charge < -0.3 is 21.1 Å². The van der Waals surface area contributed by atoms with Gasteiger partial charge in [0.25, 0.3) is 0 Å². The number of primary amides is 1. The smallest absolute Gasteiger partial charge is 0.242 e. The minimum atomic E-state index is -0.355. The zero-order chi connectivity index (χ0) is 13.8. The minimum Gasteiger partial charge on any atom is -0.476 e. The number of hydrogen-bond acceptors (Lipinski definition) is 6. The molecule has 0 saturated carbocycles. The summed E-state index contributed by atoms with van der Waals surface area (Å²) in [7, 11) is 0. The van der Waals surface area contributed by atoms with E-state index in [9.17, 15) is 4.79 Å². The number of anilines is 2. The Morgan fingerprint density at radius 3 is 3.05 bits per heavy atom. The van der Waals surface area contributed by atoms with Crippen LogP contribution < -0.4 is 21.1 Å². The summed E-state index contributed by atoms with van der Waals surface area (Å²) in [5.41, 5.74) is 11.8. The Labute approximate surface area is 111 Å². The second-order valence-corrected chi connectivity index (χ2v) is 4.52. The van der Waals surface area contributed by atoms with Gasteiger partial charge in [0, 0.05) is 6.54 Å². The van der Waals surface area contributed by atoms with E-state index in [4.69, 9.17) is 16.2 Å². The number of nitrogen functional groups attached to an aromatic ring is 1. The molecule has 1 saturated heterocycles. The topological polar surface area (TPSA) is 107 Å². The van der Waals surface area contributed by atoms with Gasteiger partial charge in [-0.2, -0.15) is 4.98 Å². The van der Waals surface area contributed by atoms with E-state index in [1.54, 1.807) is 0 Å². The molecule has 4 N–H and O–H groups in total. The number of nitrogens with two attached hydrogens (primary N) is 2. The molecule has 2 heterocycles. The predicted molar refractivity (Wildman–Crippen MR) is 71.8 cm³/mol. The third-order valence-corrected chi connectivity index (χ3v) is 3.12. The largest absolute Gasteiger partial charge is 0.476 e. The maximum Gasteiger partial charge on any atom is 0.242 e. The highest BCUT2D eigenvalue weighted by Crippen LogP contribution is 2.32. The van der Waals surface area contributed by atoms with E-state index in [0.29, 0.717) is 30.5 Å². The molecular weight excluding hydrogens is 246 g/mol. The third kappa shape index (κ3) is 2.69. The van der Waals surface area contributed by atoms with Crippen molar-refractivity contribution in [3.05, 3.63) is 6.33 Å². The van der Waals surface area contributed by atoms with Crippen molar-refractivity contribution in [2.75, 3.05) is 23.8 Å². The Morgan fingerprint density at radius 1 is 1.58 bits per heavy atom. The molecule has 1 amide bonds. The zero-order valence-electron chi connectivity index (χ0n) is 11.0. The number of amides is 1. The predicted octanol–water partition coefficient (Wildman–Crippen LogP) is 0.302. The molecule has 0 aliphatic carbocycles. The van der Waals surface area contributed by atoms with E-state index in [1.807, 2.05) is 11.8 Å². The van der Waals surface area contributed by atoms with E-state index in [1.165, 1.54) is 6.33 Å². The minimum absolute atomic E-state index is 0.351. The van der Waals surface area contributed by atoms with Crippen molar-refractivity contribution in [1.82, 2.24) is 9.97 Å². The average molecular weight is 265 g/mol. The molecule has 19 heavy (non-hydrogen) atoms. The van der Waals surface area contributed by atoms with Gasteiger partial charge in [-0.3, -0.25) is 4.79 Å². The van der Waals surface area contributed by atoms with Gasteiger partial charge in [0.1, 0.15) is 18.1 Å². The van der Waals surface area contributed by atoms with E-state index >= 15 is 0 Å². The molecule has 7 nitrogen and oxygen atoms in total. The van der Waals surface area contributed by atoms with Gasteiger partial charge >= 0.3 is 0 Å². The Kier molecular flexibility index (Phi) is 4.03. The van der Waals surface area contributed by atoms with Crippen molar-refractivity contribution >= 4 is 17.4 Å². The van der Waals surface area contributed by atoms with Crippen LogP contribution in [0.2, 0.25) is 0 Å². The molecule has 1 aromatic heterocycles. The fraction of sp³-hybridized carbons (Fsp3) is 0.583. The molecule has 7 heteroatoms. The lowest BCUT2D eigenvalue weighted by Gasteiger charge is -2.24. The van der Waals surface area contributed by atoms with Crippen LogP contribution in [-0.2, 0) is 4.79 Å². The summed E-state index contributed by atoms with van der Waals surface area (Å²) >= 11 is 0. The van der Waals surface area contributed by atoms with Crippen molar-refractivity contribution < 1.29 is 9.53 Å². The maximum absolute atomic E-state index is 11.4. The van der Waals surface area contributed by atoms with Crippen LogP contribution in [0.4, 0.5) is 11.5 Å². The first-order valence-corrected chi connectivity index (χ1v) is 6.44. The van der Waals surface area contributed by atoms with Crippen molar-refractivity contribution in [2.45, 2.75) is 32.2 Å². The second kappa shape index (κ2) is 5.73. The van der Waals surface area contributed by atoms with Crippen molar-refractivity contribution in [3.8, 4) is 5.88 Å². The summed E-state index contributed by atoms with van der Waals surface area (Å²) < 4.78 is 5.46. The van der Waals surface area contributed by atoms with Gasteiger partial charge in [-0.15, -0.1) is 0 Å². The molecule has 2 rings (SSSR count). The van der Waals surface area contributed by atoms with Crippen LogP contribution in [0.1, 0.15) is 26.2 Å². The van der Waals surface area contributed by atoms with E-state index in [2.05, 4.69) is 9.97 Å². The van der Waals surface area contributed by atoms with Gasteiger partial charge in [0.15, 0.2) is 5.82 Å². The van der Waals surface area contributed by atoms with Crippen LogP contribution in [-0.4, -0.2) is 35.1 Å². The zero-order valence-corrected chi connectivity index (χ0v) is 11.0. The standard InChI is InChI=1S/C12H19N5O2/c1-2-6-19-12-9(13)11(15-7-16-12)17-5-3-4-8(17)10(14)18/h7-8H,2-6,13H2,1H3,(H2,14,18). The average Bonchev–Trinajstić information content (AvgIpc) is 2.87. The number of nitrogens with zero attached hydrogens (tertiary/aromatic N) is 3. The maximum atomic E-state index is 11.4. The monoisotopic (exact) mass is 265 g/mol. The van der Waals surface area contributed by atoms with Crippen LogP contribution in [0, 0.1) is 0 Å². The summed E-state index contributed by atoms with van der Waals surface area (Å²) in [6, 6.07) is -0.351. The fourth-order valence-electron chi connectivity index (χ4n) is 2.23. The second-order valence-electron chi connectivity index (χ2n) is 4.52. The fourth-order valence-corrected chi connectivity index (χ4v) is 2.23. The van der Waals surface area contributed by atoms with Crippen molar-refractivity contribution in [2.24, 2.45) is 5.73 Å². The van der Waals surface area contributed by atoms with Gasteiger partial charge in [0.2, 0.25) is 11.8 Å². The van der Waals surface area contributed by atoms with Gasteiger partial charge in [0.05, 0.1) is 6.61 Å². The molecule has 1 aliphatic rings. The SMILES string of the molecule is CCCOc1ncnc(N2CCCC2C(N)=O)c1N. The molecule has 0 aromatic carbocycles. The number of hydrogen-bond donors (Lipinski definition) is 2. The summed E-state index contributed by atoms with van der Waals surface area (Å²) in [6.07, 6.45) is 3.88. The highest BCUT2D eigenvalue weighted by molar-refractivity contribution is 5.85. The van der Waals surface area contributed by atoms with E-state index in [-0.39, 0.29) is 11.9 Å². The first-order chi connectivity index (χ1) is 9.15. The van der Waals surface area contributed by atoms with E-state index in [0.717, 1.165) is 19.3 Å². The van der Waals surface area contributed by atoms with Gasteiger partial charge in [-0.25, -0.2) is 4.98 Å². The highest BCUT2D eigenvalue weighted by Gasteiger charge is 2.32. The third-order valence-electron chi connectivity index (χ3n) is 3.12. The molecule has 1 unspecified atom stereocenters. The molecular formula is C12H19N5O2. The summed E-state index contributed by atoms with van der Waals surface area (Å²) in [5, 5.41) is 0. The molecule has 0 spiro atoms. The van der Waals surface area contributed by atoms with Gasteiger partial charge in [-0.1, -0.05) is 6.92 Å². The Balaban J connectivity index is 2.26. The van der Waals surface area contributed by atoms with E-state index < -0.39 is 0 Å². The lowest BCUT2D eigenvalue weighted by atomic mass is 10.2. The van der Waals surface area contributed by atoms with Crippen LogP contribution in [0.5, 0.6) is 5.88 Å². The summed E-state index contributed by atoms with van der Waals surface area (Å²) in [5.74, 6) is 0.538. The molecule has 1 aliphatic heterocycles. The van der Waals surface area contributed by atoms with Crippen LogP contribution in [0.25, 0.3) is 0 Å². The number of aromatic nitrogens is 2. The van der Waals surface area contributed by atoms with Gasteiger partial charge in [-0.05, 0) is 19.3 Å². The van der Waals surface area contributed by atoms with Crippen molar-refractivity contribution in [1.29, 1.82) is 0 Å². The Hall–Kier alpha value is -2.05. The normalized spacial score (nSPS) is 18.6.